The number of hydrogen-bond acceptors (Lipinski definition) is 5. The maximum Gasteiger partial charge on any atom is 0.341 e. The highest BCUT2D eigenvalue weighted by Gasteiger charge is 2.25. The van der Waals surface area contributed by atoms with E-state index in [1.54, 1.807) is 6.92 Å². The lowest BCUT2D eigenvalue weighted by Gasteiger charge is -2.11. The van der Waals surface area contributed by atoms with E-state index in [4.69, 9.17) is 9.84 Å². The summed E-state index contributed by atoms with van der Waals surface area (Å²) in [6.07, 6.45) is 7.73. The molecule has 1 amide bonds. The fourth-order valence-electron chi connectivity index (χ4n) is 2.73. The summed E-state index contributed by atoms with van der Waals surface area (Å²) in [6, 6.07) is 0. The molecule has 0 unspecified atom stereocenters. The maximum atomic E-state index is 12.4. The number of fused-ring (bicyclic) bond motifs is 1. The lowest BCUT2D eigenvalue weighted by atomic mass is 9.96. The molecule has 1 heterocycles. The van der Waals surface area contributed by atoms with E-state index in [9.17, 15) is 14.4 Å². The summed E-state index contributed by atoms with van der Waals surface area (Å²) in [5.41, 5.74) is 1.39. The van der Waals surface area contributed by atoms with Crippen molar-refractivity contribution in [3.05, 3.63) is 28.2 Å². The Hall–Kier alpha value is -2.15. The number of thiophene rings is 1. The van der Waals surface area contributed by atoms with Crippen molar-refractivity contribution in [2.75, 3.05) is 11.9 Å². The molecular formula is C17H21NO5S. The molecule has 0 fully saturated rings. The second kappa shape index (κ2) is 8.63. The van der Waals surface area contributed by atoms with Crippen LogP contribution in [0.15, 0.2) is 12.2 Å². The molecule has 0 spiro atoms. The molecule has 2 rings (SSSR count). The van der Waals surface area contributed by atoms with Crippen molar-refractivity contribution >= 4 is 34.2 Å². The summed E-state index contributed by atoms with van der Waals surface area (Å²) in [5.74, 6) is -2.21. The zero-order chi connectivity index (χ0) is 17.5. The van der Waals surface area contributed by atoms with E-state index in [2.05, 4.69) is 5.32 Å². The number of anilines is 1. The van der Waals surface area contributed by atoms with Crippen LogP contribution in [0.2, 0.25) is 0 Å². The standard InChI is InChI=1S/C17H21NO5S/c1-2-23-17(22)15-11-7-5-3-4-6-8-12(11)24-16(15)18-13(19)9-10-14(20)21/h9-10H,2-8H2,1H3,(H,18,19)(H,20,21)/b10-9+. The first-order chi connectivity index (χ1) is 11.5. The minimum absolute atomic E-state index is 0.260. The number of aryl methyl sites for hydroxylation is 1. The molecule has 24 heavy (non-hydrogen) atoms. The molecule has 2 N–H and O–H groups in total. The van der Waals surface area contributed by atoms with Gasteiger partial charge in [0.2, 0.25) is 5.91 Å². The number of aliphatic carboxylic acids is 1. The number of esters is 1. The number of rotatable bonds is 5. The van der Waals surface area contributed by atoms with Crippen molar-refractivity contribution in [1.29, 1.82) is 0 Å². The fourth-order valence-corrected chi connectivity index (χ4v) is 4.01. The number of carbonyl (C=O) groups is 3. The summed E-state index contributed by atoms with van der Waals surface area (Å²) in [4.78, 5) is 35.9. The van der Waals surface area contributed by atoms with Gasteiger partial charge in [0.25, 0.3) is 0 Å². The van der Waals surface area contributed by atoms with Crippen LogP contribution in [0.1, 0.15) is 53.4 Å². The van der Waals surface area contributed by atoms with Crippen molar-refractivity contribution in [1.82, 2.24) is 0 Å². The van der Waals surface area contributed by atoms with Gasteiger partial charge in [0.1, 0.15) is 5.00 Å². The second-order valence-corrected chi connectivity index (χ2v) is 6.61. The van der Waals surface area contributed by atoms with E-state index >= 15 is 0 Å². The van der Waals surface area contributed by atoms with Crippen LogP contribution in [0, 0.1) is 0 Å². The number of hydrogen-bond donors (Lipinski definition) is 2. The molecular weight excluding hydrogens is 330 g/mol. The van der Waals surface area contributed by atoms with Gasteiger partial charge in [-0.1, -0.05) is 12.8 Å². The average Bonchev–Trinajstić information content (AvgIpc) is 2.82. The monoisotopic (exact) mass is 351 g/mol. The van der Waals surface area contributed by atoms with Crippen LogP contribution >= 0.6 is 11.3 Å². The van der Waals surface area contributed by atoms with Gasteiger partial charge in [-0.25, -0.2) is 9.59 Å². The molecule has 1 aliphatic carbocycles. The largest absolute Gasteiger partial charge is 0.478 e. The summed E-state index contributed by atoms with van der Waals surface area (Å²) in [6.45, 7) is 2.00. The summed E-state index contributed by atoms with van der Waals surface area (Å²) < 4.78 is 5.15. The van der Waals surface area contributed by atoms with Gasteiger partial charge >= 0.3 is 11.9 Å². The first-order valence-electron chi connectivity index (χ1n) is 8.06. The minimum Gasteiger partial charge on any atom is -0.478 e. The SMILES string of the molecule is CCOC(=O)c1c(NC(=O)/C=C/C(=O)O)sc2c1CCCCCC2. The highest BCUT2D eigenvalue weighted by molar-refractivity contribution is 7.17. The Bertz CT molecular complexity index is 662. The Morgan fingerprint density at radius 2 is 1.88 bits per heavy atom. The molecule has 1 aromatic heterocycles. The van der Waals surface area contributed by atoms with E-state index < -0.39 is 17.8 Å². The Labute approximate surface area is 144 Å². The summed E-state index contributed by atoms with van der Waals surface area (Å²) >= 11 is 1.39. The summed E-state index contributed by atoms with van der Waals surface area (Å²) in [5, 5.41) is 11.7. The highest BCUT2D eigenvalue weighted by atomic mass is 32.1. The van der Waals surface area contributed by atoms with Crippen molar-refractivity contribution < 1.29 is 24.2 Å². The van der Waals surface area contributed by atoms with Crippen molar-refractivity contribution in [3.63, 3.8) is 0 Å². The topological polar surface area (TPSA) is 92.7 Å². The molecule has 6 nitrogen and oxygen atoms in total. The number of carboxylic acids is 1. The first kappa shape index (κ1) is 18.2. The van der Waals surface area contributed by atoms with Gasteiger partial charge in [-0.2, -0.15) is 0 Å². The Morgan fingerprint density at radius 3 is 2.54 bits per heavy atom. The predicted molar refractivity (Wildman–Crippen MR) is 91.6 cm³/mol. The molecule has 0 saturated carbocycles. The third-order valence-corrected chi connectivity index (χ3v) is 4.97. The fraction of sp³-hybridized carbons (Fsp3) is 0.471. The van der Waals surface area contributed by atoms with Crippen LogP contribution in [0.4, 0.5) is 5.00 Å². The Morgan fingerprint density at radius 1 is 1.17 bits per heavy atom. The van der Waals surface area contributed by atoms with Gasteiger partial charge in [0.15, 0.2) is 0 Å². The molecule has 130 valence electrons. The zero-order valence-electron chi connectivity index (χ0n) is 13.6. The minimum atomic E-state index is -1.20. The van der Waals surface area contributed by atoms with Crippen LogP contribution < -0.4 is 5.32 Å². The average molecular weight is 351 g/mol. The van der Waals surface area contributed by atoms with Gasteiger partial charge in [-0.15, -0.1) is 11.3 Å². The van der Waals surface area contributed by atoms with Crippen LogP contribution in [0.25, 0.3) is 0 Å². The molecule has 0 aliphatic heterocycles. The van der Waals surface area contributed by atoms with Gasteiger partial charge < -0.3 is 15.2 Å². The van der Waals surface area contributed by atoms with Crippen LogP contribution in [-0.4, -0.2) is 29.6 Å². The normalized spacial score (nSPS) is 14.5. The van der Waals surface area contributed by atoms with E-state index in [1.807, 2.05) is 0 Å². The smallest absolute Gasteiger partial charge is 0.341 e. The molecule has 0 radical (unpaired) electrons. The number of carboxylic acid groups (broad SMARTS) is 1. The van der Waals surface area contributed by atoms with Crippen molar-refractivity contribution in [3.8, 4) is 0 Å². The van der Waals surface area contributed by atoms with Crippen LogP contribution in [-0.2, 0) is 27.2 Å². The van der Waals surface area contributed by atoms with Gasteiger partial charge in [0, 0.05) is 17.0 Å². The van der Waals surface area contributed by atoms with E-state index in [0.717, 1.165) is 61.1 Å². The van der Waals surface area contributed by atoms with E-state index in [-0.39, 0.29) is 6.61 Å². The zero-order valence-corrected chi connectivity index (χ0v) is 14.4. The Balaban J connectivity index is 2.34. The molecule has 1 aliphatic rings. The van der Waals surface area contributed by atoms with Gasteiger partial charge in [-0.05, 0) is 38.2 Å². The van der Waals surface area contributed by atoms with Crippen molar-refractivity contribution in [2.24, 2.45) is 0 Å². The number of amides is 1. The quantitative estimate of drug-likeness (QED) is 0.628. The maximum absolute atomic E-state index is 12.4. The number of carbonyl (C=O) groups excluding carboxylic acids is 2. The van der Waals surface area contributed by atoms with Crippen LogP contribution in [0.3, 0.4) is 0 Å². The molecule has 0 saturated heterocycles. The molecule has 7 heteroatoms. The molecule has 1 aromatic rings. The molecule has 0 bridgehead atoms. The van der Waals surface area contributed by atoms with E-state index in [1.165, 1.54) is 11.3 Å². The van der Waals surface area contributed by atoms with Gasteiger partial charge in [0.05, 0.1) is 12.2 Å². The van der Waals surface area contributed by atoms with Gasteiger partial charge in [-0.3, -0.25) is 4.79 Å². The second-order valence-electron chi connectivity index (χ2n) is 5.50. The molecule has 0 aromatic carbocycles. The van der Waals surface area contributed by atoms with E-state index in [0.29, 0.717) is 10.6 Å². The van der Waals surface area contributed by atoms with Crippen LogP contribution in [0.5, 0.6) is 0 Å². The lowest BCUT2D eigenvalue weighted by molar-refractivity contribution is -0.131. The Kier molecular flexibility index (Phi) is 6.54. The third-order valence-electron chi connectivity index (χ3n) is 3.76. The lowest BCUT2D eigenvalue weighted by Crippen LogP contribution is -2.14. The summed E-state index contributed by atoms with van der Waals surface area (Å²) in [7, 11) is 0. The highest BCUT2D eigenvalue weighted by Crippen LogP contribution is 2.37. The first-order valence-corrected chi connectivity index (χ1v) is 8.88. The van der Waals surface area contributed by atoms with Crippen molar-refractivity contribution in [2.45, 2.75) is 45.4 Å². The molecule has 0 atom stereocenters. The predicted octanol–water partition coefficient (Wildman–Crippen LogP) is 3.16. The third kappa shape index (κ3) is 4.67. The number of nitrogens with one attached hydrogen (secondary N) is 1. The number of ether oxygens (including phenoxy) is 1.